The lowest BCUT2D eigenvalue weighted by molar-refractivity contribution is -0.115. The third kappa shape index (κ3) is 5.74. The first-order chi connectivity index (χ1) is 10.2. The highest BCUT2D eigenvalue weighted by atomic mass is 79.9. The van der Waals surface area contributed by atoms with Gasteiger partial charge in [-0.3, -0.25) is 9.69 Å². The van der Waals surface area contributed by atoms with Crippen LogP contribution in [0.3, 0.4) is 0 Å². The van der Waals surface area contributed by atoms with Crippen molar-refractivity contribution in [3.05, 3.63) is 28.7 Å². The zero-order valence-electron chi connectivity index (χ0n) is 12.3. The van der Waals surface area contributed by atoms with Crippen molar-refractivity contribution >= 4 is 27.5 Å². The van der Waals surface area contributed by atoms with Crippen molar-refractivity contribution < 1.29 is 9.53 Å². The molecule has 0 spiro atoms. The van der Waals surface area contributed by atoms with Crippen molar-refractivity contribution in [2.45, 2.75) is 13.0 Å². The molecule has 1 heterocycles. The van der Waals surface area contributed by atoms with Gasteiger partial charge in [-0.2, -0.15) is 0 Å². The number of nitrogens with zero attached hydrogens (tertiary/aromatic N) is 1. The molecular weight excluding hydrogens is 334 g/mol. The number of hydrogen-bond acceptors (Lipinski definition) is 4. The fourth-order valence-electron chi connectivity index (χ4n) is 2.28. The number of anilines is 1. The normalized spacial score (nSPS) is 19.4. The second kappa shape index (κ2) is 8.48. The number of amides is 1. The van der Waals surface area contributed by atoms with Gasteiger partial charge in [-0.15, -0.1) is 0 Å². The van der Waals surface area contributed by atoms with Crippen LogP contribution in [0, 0.1) is 0 Å². The number of nitrogens with one attached hydrogen (secondary N) is 2. The molecule has 1 atom stereocenters. The minimum atomic E-state index is -0.0412. The highest BCUT2D eigenvalue weighted by Gasteiger charge is 2.18. The van der Waals surface area contributed by atoms with Crippen LogP contribution in [0.4, 0.5) is 5.69 Å². The Hall–Kier alpha value is -0.950. The molecule has 2 N–H and O–H groups in total. The SMILES string of the molecule is CCN1CCOC(CNCC(=O)Nc2ccc(Br)cc2)C1. The molecule has 21 heavy (non-hydrogen) atoms. The van der Waals surface area contributed by atoms with E-state index in [4.69, 9.17) is 4.74 Å². The van der Waals surface area contributed by atoms with E-state index in [0.29, 0.717) is 13.1 Å². The van der Waals surface area contributed by atoms with E-state index in [9.17, 15) is 4.79 Å². The van der Waals surface area contributed by atoms with Crippen LogP contribution in [0.1, 0.15) is 6.92 Å². The lowest BCUT2D eigenvalue weighted by Gasteiger charge is -2.32. The molecule has 6 heteroatoms. The molecular formula is C15H22BrN3O2. The third-order valence-corrected chi connectivity index (χ3v) is 3.98. The third-order valence-electron chi connectivity index (χ3n) is 3.46. The van der Waals surface area contributed by atoms with Gasteiger partial charge in [0.2, 0.25) is 5.91 Å². The molecule has 1 saturated heterocycles. The number of morpholine rings is 1. The molecule has 1 aliphatic heterocycles. The van der Waals surface area contributed by atoms with E-state index in [0.717, 1.165) is 36.4 Å². The summed E-state index contributed by atoms with van der Waals surface area (Å²) in [5.74, 6) is -0.0412. The molecule has 116 valence electrons. The summed E-state index contributed by atoms with van der Waals surface area (Å²) in [6.45, 7) is 6.89. The summed E-state index contributed by atoms with van der Waals surface area (Å²) < 4.78 is 6.68. The molecule has 1 aromatic rings. The highest BCUT2D eigenvalue weighted by molar-refractivity contribution is 9.10. The number of ether oxygens (including phenoxy) is 1. The highest BCUT2D eigenvalue weighted by Crippen LogP contribution is 2.13. The Balaban J connectivity index is 1.66. The Kier molecular flexibility index (Phi) is 6.63. The topological polar surface area (TPSA) is 53.6 Å². The van der Waals surface area contributed by atoms with Gasteiger partial charge in [0.05, 0.1) is 19.3 Å². The first-order valence-electron chi connectivity index (χ1n) is 7.27. The Labute approximate surface area is 134 Å². The van der Waals surface area contributed by atoms with Crippen molar-refractivity contribution in [3.8, 4) is 0 Å². The van der Waals surface area contributed by atoms with E-state index in [2.05, 4.69) is 38.4 Å². The largest absolute Gasteiger partial charge is 0.374 e. The zero-order valence-corrected chi connectivity index (χ0v) is 13.9. The second-order valence-electron chi connectivity index (χ2n) is 5.07. The monoisotopic (exact) mass is 355 g/mol. The number of benzene rings is 1. The van der Waals surface area contributed by atoms with E-state index >= 15 is 0 Å². The maximum Gasteiger partial charge on any atom is 0.238 e. The Morgan fingerprint density at radius 1 is 1.43 bits per heavy atom. The van der Waals surface area contributed by atoms with Crippen LogP contribution in [-0.2, 0) is 9.53 Å². The summed E-state index contributed by atoms with van der Waals surface area (Å²) in [4.78, 5) is 14.2. The van der Waals surface area contributed by atoms with Gasteiger partial charge < -0.3 is 15.4 Å². The van der Waals surface area contributed by atoms with Crippen LogP contribution in [-0.4, -0.2) is 56.2 Å². The van der Waals surface area contributed by atoms with Crippen LogP contribution in [0.15, 0.2) is 28.7 Å². The van der Waals surface area contributed by atoms with Gasteiger partial charge in [0.25, 0.3) is 0 Å². The van der Waals surface area contributed by atoms with Gasteiger partial charge in [0, 0.05) is 29.8 Å². The van der Waals surface area contributed by atoms with Gasteiger partial charge in [-0.25, -0.2) is 0 Å². The van der Waals surface area contributed by atoms with Crippen LogP contribution in [0.5, 0.6) is 0 Å². The summed E-state index contributed by atoms with van der Waals surface area (Å²) in [7, 11) is 0. The van der Waals surface area contributed by atoms with E-state index in [1.54, 1.807) is 0 Å². The van der Waals surface area contributed by atoms with Gasteiger partial charge in [-0.05, 0) is 30.8 Å². The maximum atomic E-state index is 11.8. The van der Waals surface area contributed by atoms with E-state index in [1.807, 2.05) is 24.3 Å². The number of carbonyl (C=O) groups is 1. The zero-order chi connectivity index (χ0) is 15.1. The molecule has 1 fully saturated rings. The Bertz CT molecular complexity index is 453. The van der Waals surface area contributed by atoms with Crippen molar-refractivity contribution in [1.82, 2.24) is 10.2 Å². The molecule has 0 bridgehead atoms. The smallest absolute Gasteiger partial charge is 0.238 e. The number of hydrogen-bond donors (Lipinski definition) is 2. The summed E-state index contributed by atoms with van der Waals surface area (Å²) in [6, 6.07) is 7.53. The molecule has 1 aromatic carbocycles. The van der Waals surface area contributed by atoms with E-state index in [-0.39, 0.29) is 12.0 Å². The van der Waals surface area contributed by atoms with E-state index in [1.165, 1.54) is 0 Å². The Morgan fingerprint density at radius 3 is 2.90 bits per heavy atom. The molecule has 0 aromatic heterocycles. The molecule has 1 aliphatic rings. The summed E-state index contributed by atoms with van der Waals surface area (Å²) in [6.07, 6.45) is 0.166. The molecule has 1 unspecified atom stereocenters. The molecule has 0 saturated carbocycles. The molecule has 2 rings (SSSR count). The number of halogens is 1. The number of likely N-dealkylation sites (N-methyl/N-ethyl adjacent to an activating group) is 1. The second-order valence-corrected chi connectivity index (χ2v) is 5.99. The average Bonchev–Trinajstić information content (AvgIpc) is 2.50. The quantitative estimate of drug-likeness (QED) is 0.815. The van der Waals surface area contributed by atoms with Gasteiger partial charge >= 0.3 is 0 Å². The van der Waals surface area contributed by atoms with Crippen LogP contribution in [0.2, 0.25) is 0 Å². The lowest BCUT2D eigenvalue weighted by atomic mass is 10.2. The molecule has 1 amide bonds. The van der Waals surface area contributed by atoms with Gasteiger partial charge in [0.1, 0.15) is 0 Å². The predicted octanol–water partition coefficient (Wildman–Crippen LogP) is 1.70. The fraction of sp³-hybridized carbons (Fsp3) is 0.533. The summed E-state index contributed by atoms with van der Waals surface area (Å²) in [5.41, 5.74) is 0.802. The summed E-state index contributed by atoms with van der Waals surface area (Å²) in [5, 5.41) is 6.01. The fourth-order valence-corrected chi connectivity index (χ4v) is 2.54. The lowest BCUT2D eigenvalue weighted by Crippen LogP contribution is -2.47. The van der Waals surface area contributed by atoms with Crippen molar-refractivity contribution in [3.63, 3.8) is 0 Å². The standard InChI is InChI=1S/C15H22BrN3O2/c1-2-19-7-8-21-14(11-19)9-17-10-15(20)18-13-5-3-12(16)4-6-13/h3-6,14,17H,2,7-11H2,1H3,(H,18,20). The Morgan fingerprint density at radius 2 is 2.19 bits per heavy atom. The van der Waals surface area contributed by atoms with Crippen molar-refractivity contribution in [2.75, 3.05) is 44.6 Å². The number of rotatable bonds is 6. The first-order valence-corrected chi connectivity index (χ1v) is 8.06. The summed E-state index contributed by atoms with van der Waals surface area (Å²) >= 11 is 3.37. The van der Waals surface area contributed by atoms with Crippen molar-refractivity contribution in [1.29, 1.82) is 0 Å². The molecule has 0 radical (unpaired) electrons. The number of carbonyl (C=O) groups excluding carboxylic acids is 1. The van der Waals surface area contributed by atoms with Crippen LogP contribution in [0.25, 0.3) is 0 Å². The minimum Gasteiger partial charge on any atom is -0.374 e. The first kappa shape index (κ1) is 16.4. The van der Waals surface area contributed by atoms with E-state index < -0.39 is 0 Å². The van der Waals surface area contributed by atoms with Gasteiger partial charge in [0.15, 0.2) is 0 Å². The predicted molar refractivity (Wildman–Crippen MR) is 87.5 cm³/mol. The van der Waals surface area contributed by atoms with Crippen LogP contribution < -0.4 is 10.6 Å². The van der Waals surface area contributed by atoms with Gasteiger partial charge in [-0.1, -0.05) is 22.9 Å². The van der Waals surface area contributed by atoms with Crippen molar-refractivity contribution in [2.24, 2.45) is 0 Å². The molecule has 0 aliphatic carbocycles. The minimum absolute atomic E-state index is 0.0412. The maximum absolute atomic E-state index is 11.8. The van der Waals surface area contributed by atoms with Crippen LogP contribution >= 0.6 is 15.9 Å². The molecule has 5 nitrogen and oxygen atoms in total. The average molecular weight is 356 g/mol.